The van der Waals surface area contributed by atoms with Gasteiger partial charge in [-0.25, -0.2) is 0 Å². The lowest BCUT2D eigenvalue weighted by Crippen LogP contribution is -2.40. The minimum absolute atomic E-state index is 0.0112. The van der Waals surface area contributed by atoms with Gasteiger partial charge in [-0.1, -0.05) is 34.9 Å². The molecule has 0 aliphatic heterocycles. The fourth-order valence-corrected chi connectivity index (χ4v) is 3.32. The molecule has 0 heterocycles. The molecule has 0 saturated carbocycles. The summed E-state index contributed by atoms with van der Waals surface area (Å²) in [5.41, 5.74) is 4.22. The van der Waals surface area contributed by atoms with Crippen molar-refractivity contribution in [2.45, 2.75) is 73.3 Å². The van der Waals surface area contributed by atoms with Crippen LogP contribution in [0.3, 0.4) is 0 Å². The van der Waals surface area contributed by atoms with E-state index in [1.807, 2.05) is 0 Å². The number of nitrogens with one attached hydrogen (secondary N) is 1. The van der Waals surface area contributed by atoms with Crippen molar-refractivity contribution in [3.8, 4) is 0 Å². The van der Waals surface area contributed by atoms with Crippen LogP contribution in [0.15, 0.2) is 34.9 Å². The minimum Gasteiger partial charge on any atom is -0.346 e. The number of amides is 1. The molecule has 25 heavy (non-hydrogen) atoms. The summed E-state index contributed by atoms with van der Waals surface area (Å²) in [7, 11) is 0. The van der Waals surface area contributed by atoms with E-state index in [1.54, 1.807) is 11.8 Å². The van der Waals surface area contributed by atoms with Gasteiger partial charge in [0.2, 0.25) is 5.91 Å². The third kappa shape index (κ3) is 14.7. The molecule has 0 saturated heterocycles. The molecule has 0 radical (unpaired) electrons. The van der Waals surface area contributed by atoms with Gasteiger partial charge in [-0.05, 0) is 60.3 Å². The number of thioether (sulfide) groups is 1. The third-order valence-electron chi connectivity index (χ3n) is 3.83. The zero-order valence-electron chi connectivity index (χ0n) is 16.8. The van der Waals surface area contributed by atoms with Gasteiger partial charge >= 0.3 is 0 Å². The van der Waals surface area contributed by atoms with Crippen molar-refractivity contribution >= 4 is 23.5 Å². The molecular weight excluding hydrogens is 330 g/mol. The molecule has 0 unspecified atom stereocenters. The molecule has 0 aliphatic rings. The fraction of sp³-hybridized carbons (Fsp3) is 0.619. The van der Waals surface area contributed by atoms with Crippen LogP contribution >= 0.6 is 11.8 Å². The van der Waals surface area contributed by atoms with Crippen LogP contribution in [0, 0.1) is 0 Å². The topological polar surface area (TPSA) is 46.2 Å². The van der Waals surface area contributed by atoms with Crippen LogP contribution in [0.25, 0.3) is 0 Å². The Balaban J connectivity index is 4.07. The van der Waals surface area contributed by atoms with E-state index < -0.39 is 0 Å². The molecule has 0 fully saturated rings. The zero-order valence-corrected chi connectivity index (χ0v) is 17.6. The van der Waals surface area contributed by atoms with E-state index in [4.69, 9.17) is 0 Å². The van der Waals surface area contributed by atoms with E-state index >= 15 is 0 Å². The lowest BCUT2D eigenvalue weighted by Gasteiger charge is -2.13. The maximum atomic E-state index is 11.5. The first-order valence-corrected chi connectivity index (χ1v) is 10.2. The van der Waals surface area contributed by atoms with E-state index in [1.165, 1.54) is 30.6 Å². The quantitative estimate of drug-likeness (QED) is 0.380. The molecule has 0 spiro atoms. The highest BCUT2D eigenvalue weighted by Gasteiger charge is 2.14. The Hall–Kier alpha value is -1.29. The maximum Gasteiger partial charge on any atom is 0.217 e. The third-order valence-corrected chi connectivity index (χ3v) is 4.80. The first-order valence-electron chi connectivity index (χ1n) is 9.02. The molecule has 1 atom stereocenters. The van der Waals surface area contributed by atoms with Gasteiger partial charge in [-0.3, -0.25) is 9.59 Å². The molecule has 0 aromatic heterocycles. The van der Waals surface area contributed by atoms with Gasteiger partial charge in [0.25, 0.3) is 0 Å². The minimum atomic E-state index is -0.373. The number of hydrogen-bond donors (Lipinski definition) is 1. The number of Topliss-reactive ketones (excluding diaryl/α,β-unsaturated/α-hetero) is 1. The van der Waals surface area contributed by atoms with Gasteiger partial charge in [0.1, 0.15) is 0 Å². The molecule has 142 valence electrons. The summed E-state index contributed by atoms with van der Waals surface area (Å²) in [4.78, 5) is 22.6. The van der Waals surface area contributed by atoms with Crippen molar-refractivity contribution in [3.63, 3.8) is 0 Å². The van der Waals surface area contributed by atoms with Gasteiger partial charge in [-0.2, -0.15) is 11.8 Å². The van der Waals surface area contributed by atoms with Crippen molar-refractivity contribution in [1.29, 1.82) is 0 Å². The van der Waals surface area contributed by atoms with Crippen LogP contribution < -0.4 is 5.32 Å². The lowest BCUT2D eigenvalue weighted by atomic mass is 10.1. The van der Waals surface area contributed by atoms with Crippen molar-refractivity contribution in [2.75, 3.05) is 11.5 Å². The number of carbonyl (C=O) groups is 2. The average molecular weight is 366 g/mol. The van der Waals surface area contributed by atoms with Crippen LogP contribution in [0.1, 0.15) is 67.2 Å². The molecule has 4 heteroatoms. The smallest absolute Gasteiger partial charge is 0.217 e. The highest BCUT2D eigenvalue weighted by Crippen LogP contribution is 2.13. The summed E-state index contributed by atoms with van der Waals surface area (Å²) < 4.78 is 0. The van der Waals surface area contributed by atoms with Crippen LogP contribution in [0.4, 0.5) is 0 Å². The van der Waals surface area contributed by atoms with E-state index in [9.17, 15) is 9.59 Å². The summed E-state index contributed by atoms with van der Waals surface area (Å²) in [5.74, 6) is 1.36. The predicted octanol–water partition coefficient (Wildman–Crippen LogP) is 5.23. The Morgan fingerprint density at radius 3 is 1.96 bits per heavy atom. The highest BCUT2D eigenvalue weighted by molar-refractivity contribution is 7.99. The number of rotatable bonds is 12. The van der Waals surface area contributed by atoms with Crippen molar-refractivity contribution in [3.05, 3.63) is 34.9 Å². The molecule has 0 aromatic carbocycles. The van der Waals surface area contributed by atoms with Gasteiger partial charge in [0, 0.05) is 18.4 Å². The van der Waals surface area contributed by atoms with Crippen LogP contribution in [-0.4, -0.2) is 29.2 Å². The number of allylic oxidation sites excluding steroid dienone is 5. The molecule has 3 nitrogen and oxygen atoms in total. The second kappa shape index (κ2) is 13.9. The van der Waals surface area contributed by atoms with Crippen molar-refractivity contribution < 1.29 is 9.59 Å². The Morgan fingerprint density at radius 2 is 1.44 bits per heavy atom. The second-order valence-corrected chi connectivity index (χ2v) is 7.94. The summed E-state index contributed by atoms with van der Waals surface area (Å²) in [5, 5.41) is 2.70. The highest BCUT2D eigenvalue weighted by atomic mass is 32.2. The van der Waals surface area contributed by atoms with E-state index in [0.29, 0.717) is 5.75 Å². The maximum absolute atomic E-state index is 11.5. The average Bonchev–Trinajstić information content (AvgIpc) is 2.49. The van der Waals surface area contributed by atoms with Crippen LogP contribution in [-0.2, 0) is 9.59 Å². The zero-order chi connectivity index (χ0) is 19.2. The SMILES string of the molecule is CC(=O)N[C@@H](CSC/C=C(\C)CC/C=C(\C)CCC=C(C)C)C(C)=O. The molecule has 0 aliphatic carbocycles. The van der Waals surface area contributed by atoms with Gasteiger partial charge in [0.15, 0.2) is 5.78 Å². The second-order valence-electron chi connectivity index (χ2n) is 6.86. The fourth-order valence-electron chi connectivity index (χ4n) is 2.23. The number of carbonyl (C=O) groups excluding carboxylic acids is 2. The van der Waals surface area contributed by atoms with Crippen LogP contribution in [0.2, 0.25) is 0 Å². The van der Waals surface area contributed by atoms with Gasteiger partial charge in [-0.15, -0.1) is 0 Å². The number of hydrogen-bond acceptors (Lipinski definition) is 3. The lowest BCUT2D eigenvalue weighted by molar-refractivity contribution is -0.125. The molecule has 1 amide bonds. The first kappa shape index (κ1) is 23.7. The largest absolute Gasteiger partial charge is 0.346 e. The summed E-state index contributed by atoms with van der Waals surface area (Å²) in [6, 6.07) is -0.373. The molecule has 0 rings (SSSR count). The number of ketones is 1. The molecule has 0 aromatic rings. The van der Waals surface area contributed by atoms with E-state index in [-0.39, 0.29) is 17.7 Å². The monoisotopic (exact) mass is 365 g/mol. The Morgan fingerprint density at radius 1 is 0.880 bits per heavy atom. The standard InChI is InChI=1S/C21H35NO2S/c1-16(2)9-7-10-17(3)11-8-12-18(4)13-14-25-15-21(19(5)23)22-20(6)24/h9,11,13,21H,7-8,10,12,14-15H2,1-6H3,(H,22,24)/b17-11+,18-13+/t21-/m0/s1. The van der Waals surface area contributed by atoms with Crippen molar-refractivity contribution in [2.24, 2.45) is 0 Å². The summed E-state index contributed by atoms with van der Waals surface area (Å²) in [6.07, 6.45) is 11.3. The molecular formula is C21H35NO2S. The van der Waals surface area contributed by atoms with E-state index in [2.05, 4.69) is 51.2 Å². The predicted molar refractivity (Wildman–Crippen MR) is 111 cm³/mol. The van der Waals surface area contributed by atoms with Crippen molar-refractivity contribution in [1.82, 2.24) is 5.32 Å². The summed E-state index contributed by atoms with van der Waals surface area (Å²) in [6.45, 7) is 11.6. The Labute approximate surface area is 158 Å². The van der Waals surface area contributed by atoms with Gasteiger partial charge < -0.3 is 5.32 Å². The van der Waals surface area contributed by atoms with Gasteiger partial charge in [0.05, 0.1) is 6.04 Å². The summed E-state index contributed by atoms with van der Waals surface area (Å²) >= 11 is 1.68. The normalized spacial score (nSPS) is 13.4. The first-order chi connectivity index (χ1) is 11.7. The Kier molecular flexibility index (Phi) is 13.2. The molecule has 1 N–H and O–H groups in total. The van der Waals surface area contributed by atoms with Crippen LogP contribution in [0.5, 0.6) is 0 Å². The van der Waals surface area contributed by atoms with E-state index in [0.717, 1.165) is 31.4 Å². The molecule has 0 bridgehead atoms. The Bertz CT molecular complexity index is 514.